The highest BCUT2D eigenvalue weighted by atomic mass is 35.5. The van der Waals surface area contributed by atoms with Crippen molar-refractivity contribution in [1.29, 1.82) is 0 Å². The molecule has 8 nitrogen and oxygen atoms in total. The summed E-state index contributed by atoms with van der Waals surface area (Å²) in [4.78, 5) is 12.2. The number of amides is 1. The number of rotatable bonds is 7. The zero-order valence-electron chi connectivity index (χ0n) is 15.4. The number of anilines is 1. The van der Waals surface area contributed by atoms with Crippen LogP contribution in [-0.4, -0.2) is 40.8 Å². The zero-order chi connectivity index (χ0) is 19.4. The van der Waals surface area contributed by atoms with Crippen LogP contribution in [0.1, 0.15) is 17.3 Å². The minimum Gasteiger partial charge on any atom is -0.454 e. The van der Waals surface area contributed by atoms with Gasteiger partial charge in [0, 0.05) is 24.2 Å². The normalized spacial score (nSPS) is 13.4. The second-order valence-corrected chi connectivity index (χ2v) is 7.78. The molecule has 0 fully saturated rings. The van der Waals surface area contributed by atoms with Crippen molar-refractivity contribution in [3.8, 4) is 11.5 Å². The van der Waals surface area contributed by atoms with Gasteiger partial charge < -0.3 is 20.1 Å². The monoisotopic (exact) mass is 427 g/mol. The molecule has 3 N–H and O–H groups in total. The Morgan fingerprint density at radius 2 is 1.89 bits per heavy atom. The fourth-order valence-corrected chi connectivity index (χ4v) is 3.52. The molecule has 1 heterocycles. The van der Waals surface area contributed by atoms with Gasteiger partial charge in [0.2, 0.25) is 6.79 Å². The molecule has 0 spiro atoms. The Balaban J connectivity index is 0.00000280. The quantitative estimate of drug-likeness (QED) is 0.624. The van der Waals surface area contributed by atoms with Gasteiger partial charge in [0.05, 0.1) is 10.6 Å². The van der Waals surface area contributed by atoms with Crippen LogP contribution in [0.25, 0.3) is 0 Å². The molecule has 1 aliphatic heterocycles. The van der Waals surface area contributed by atoms with Crippen LogP contribution < -0.4 is 24.8 Å². The Hall–Kier alpha value is -2.49. The molecule has 0 saturated carbocycles. The van der Waals surface area contributed by atoms with E-state index in [0.29, 0.717) is 23.7 Å². The van der Waals surface area contributed by atoms with Crippen LogP contribution >= 0.6 is 12.4 Å². The standard InChI is InChI=1S/C18H21N3O5S.ClH/c1-12(19-2)10-20-18(22)13-4-3-5-15(8-13)27(23,24)21-14-6-7-16-17(9-14)26-11-25-16;/h3-9,12,19,21H,10-11H2,1-2H3,(H,20,22);1H. The number of benzene rings is 2. The summed E-state index contributed by atoms with van der Waals surface area (Å²) in [7, 11) is -2.06. The van der Waals surface area contributed by atoms with Gasteiger partial charge in [-0.15, -0.1) is 12.4 Å². The molecule has 152 valence electrons. The first kappa shape index (κ1) is 21.8. The third-order valence-electron chi connectivity index (χ3n) is 4.09. The van der Waals surface area contributed by atoms with Crippen LogP contribution in [0, 0.1) is 0 Å². The summed E-state index contributed by atoms with van der Waals surface area (Å²) in [6, 6.07) is 10.7. The number of carbonyl (C=O) groups excluding carboxylic acids is 1. The molecule has 0 saturated heterocycles. The highest BCUT2D eigenvalue weighted by Crippen LogP contribution is 2.34. The molecule has 0 radical (unpaired) electrons. The first-order chi connectivity index (χ1) is 12.9. The molecule has 1 atom stereocenters. The van der Waals surface area contributed by atoms with Gasteiger partial charge in [0.25, 0.3) is 15.9 Å². The summed E-state index contributed by atoms with van der Waals surface area (Å²) in [6.45, 7) is 2.47. The van der Waals surface area contributed by atoms with Crippen LogP contribution in [0.2, 0.25) is 0 Å². The maximum absolute atomic E-state index is 12.7. The topological polar surface area (TPSA) is 106 Å². The van der Waals surface area contributed by atoms with Gasteiger partial charge in [-0.25, -0.2) is 8.42 Å². The zero-order valence-corrected chi connectivity index (χ0v) is 17.0. The summed E-state index contributed by atoms with van der Waals surface area (Å²) in [5.41, 5.74) is 0.615. The number of nitrogens with one attached hydrogen (secondary N) is 3. The van der Waals surface area contributed by atoms with E-state index in [-0.39, 0.29) is 41.6 Å². The number of hydrogen-bond donors (Lipinski definition) is 3. The predicted molar refractivity (Wildman–Crippen MR) is 108 cm³/mol. The smallest absolute Gasteiger partial charge is 0.261 e. The summed E-state index contributed by atoms with van der Waals surface area (Å²) in [5.74, 6) is 0.701. The maximum atomic E-state index is 12.7. The maximum Gasteiger partial charge on any atom is 0.261 e. The third-order valence-corrected chi connectivity index (χ3v) is 5.47. The van der Waals surface area contributed by atoms with Crippen LogP contribution in [-0.2, 0) is 10.0 Å². The fourth-order valence-electron chi connectivity index (χ4n) is 2.43. The van der Waals surface area contributed by atoms with Crippen molar-refractivity contribution in [2.45, 2.75) is 17.9 Å². The first-order valence-corrected chi connectivity index (χ1v) is 9.85. The number of carbonyl (C=O) groups is 1. The van der Waals surface area contributed by atoms with Crippen molar-refractivity contribution in [2.24, 2.45) is 0 Å². The predicted octanol–water partition coefficient (Wildman–Crippen LogP) is 1.98. The largest absolute Gasteiger partial charge is 0.454 e. The van der Waals surface area contributed by atoms with E-state index in [4.69, 9.17) is 9.47 Å². The van der Waals surface area contributed by atoms with Gasteiger partial charge in [-0.05, 0) is 44.3 Å². The Kier molecular flexibility index (Phi) is 7.11. The lowest BCUT2D eigenvalue weighted by Gasteiger charge is -2.12. The van der Waals surface area contributed by atoms with Crippen molar-refractivity contribution in [1.82, 2.24) is 10.6 Å². The van der Waals surface area contributed by atoms with E-state index < -0.39 is 10.0 Å². The lowest BCUT2D eigenvalue weighted by molar-refractivity contribution is 0.0950. The average Bonchev–Trinajstić information content (AvgIpc) is 3.13. The van der Waals surface area contributed by atoms with Crippen LogP contribution in [0.4, 0.5) is 5.69 Å². The number of hydrogen-bond acceptors (Lipinski definition) is 6. The van der Waals surface area contributed by atoms with Crippen molar-refractivity contribution in [2.75, 3.05) is 25.1 Å². The molecule has 2 aromatic rings. The molecule has 2 aromatic carbocycles. The molecule has 1 unspecified atom stereocenters. The molecule has 0 aliphatic carbocycles. The highest BCUT2D eigenvalue weighted by molar-refractivity contribution is 7.92. The van der Waals surface area contributed by atoms with Gasteiger partial charge >= 0.3 is 0 Å². The second-order valence-electron chi connectivity index (χ2n) is 6.10. The molecule has 0 bridgehead atoms. The lowest BCUT2D eigenvalue weighted by Crippen LogP contribution is -2.37. The molecule has 1 aliphatic rings. The molecule has 0 aromatic heterocycles. The first-order valence-electron chi connectivity index (χ1n) is 8.37. The Morgan fingerprint density at radius 3 is 2.64 bits per heavy atom. The van der Waals surface area contributed by atoms with E-state index in [1.54, 1.807) is 31.3 Å². The van der Waals surface area contributed by atoms with Crippen LogP contribution in [0.15, 0.2) is 47.4 Å². The Morgan fingerprint density at radius 1 is 1.14 bits per heavy atom. The van der Waals surface area contributed by atoms with Crippen molar-refractivity contribution < 1.29 is 22.7 Å². The van der Waals surface area contributed by atoms with Gasteiger partial charge in [-0.3, -0.25) is 9.52 Å². The van der Waals surface area contributed by atoms with Crippen LogP contribution in [0.3, 0.4) is 0 Å². The van der Waals surface area contributed by atoms with Crippen molar-refractivity contribution in [3.63, 3.8) is 0 Å². The summed E-state index contributed by atoms with van der Waals surface area (Å²) in [6.07, 6.45) is 0. The van der Waals surface area contributed by atoms with Gasteiger partial charge in [-0.2, -0.15) is 0 Å². The molecule has 28 heavy (non-hydrogen) atoms. The minimum atomic E-state index is -3.86. The number of sulfonamides is 1. The fraction of sp³-hybridized carbons (Fsp3) is 0.278. The highest BCUT2D eigenvalue weighted by Gasteiger charge is 2.19. The molecular formula is C18H22ClN3O5S. The number of likely N-dealkylation sites (N-methyl/N-ethyl adjacent to an activating group) is 1. The molecule has 1 amide bonds. The lowest BCUT2D eigenvalue weighted by atomic mass is 10.2. The third kappa shape index (κ3) is 5.06. The van der Waals surface area contributed by atoms with E-state index in [9.17, 15) is 13.2 Å². The van der Waals surface area contributed by atoms with E-state index >= 15 is 0 Å². The van der Waals surface area contributed by atoms with Crippen molar-refractivity contribution >= 4 is 34.0 Å². The summed E-state index contributed by atoms with van der Waals surface area (Å²) < 4.78 is 38.3. The number of ether oxygens (including phenoxy) is 2. The van der Waals surface area contributed by atoms with E-state index in [1.165, 1.54) is 18.2 Å². The number of halogens is 1. The molecular weight excluding hydrogens is 406 g/mol. The van der Waals surface area contributed by atoms with E-state index in [1.807, 2.05) is 6.92 Å². The summed E-state index contributed by atoms with van der Waals surface area (Å²) >= 11 is 0. The van der Waals surface area contributed by atoms with Gasteiger partial charge in [0.1, 0.15) is 0 Å². The van der Waals surface area contributed by atoms with Gasteiger partial charge in [-0.1, -0.05) is 6.07 Å². The molecule has 3 rings (SSSR count). The SMILES string of the molecule is CNC(C)CNC(=O)c1cccc(S(=O)(=O)Nc2ccc3c(c2)OCO3)c1.Cl. The summed E-state index contributed by atoms with van der Waals surface area (Å²) in [5, 5.41) is 5.77. The van der Waals surface area contributed by atoms with Crippen LogP contribution in [0.5, 0.6) is 11.5 Å². The van der Waals surface area contributed by atoms with Gasteiger partial charge in [0.15, 0.2) is 11.5 Å². The Labute approximate surface area is 170 Å². The Bertz CT molecular complexity index is 952. The molecule has 10 heteroatoms. The number of fused-ring (bicyclic) bond motifs is 1. The second kappa shape index (κ2) is 9.13. The van der Waals surface area contributed by atoms with Crippen molar-refractivity contribution in [3.05, 3.63) is 48.0 Å². The average molecular weight is 428 g/mol. The van der Waals surface area contributed by atoms with E-state index in [0.717, 1.165) is 0 Å². The van der Waals surface area contributed by atoms with E-state index in [2.05, 4.69) is 15.4 Å². The minimum absolute atomic E-state index is 0.